The molecule has 0 fully saturated rings. The van der Waals surface area contributed by atoms with E-state index in [9.17, 15) is 8.42 Å². The molecule has 3 nitrogen and oxygen atoms in total. The summed E-state index contributed by atoms with van der Waals surface area (Å²) in [5.74, 6) is 0.114. The van der Waals surface area contributed by atoms with Crippen molar-refractivity contribution in [3.63, 3.8) is 0 Å². The van der Waals surface area contributed by atoms with E-state index in [4.69, 9.17) is 0 Å². The zero-order valence-electron chi connectivity index (χ0n) is 8.66. The average molecular weight is 215 g/mol. The Bertz CT molecular complexity index is 429. The molecule has 0 bridgehead atoms. The van der Waals surface area contributed by atoms with E-state index in [1.165, 1.54) is 0 Å². The molecule has 1 heterocycles. The molecule has 1 aromatic carbocycles. The Kier molecular flexibility index (Phi) is 3.16. The van der Waals surface area contributed by atoms with E-state index in [-0.39, 0.29) is 7.18 Å². The van der Waals surface area contributed by atoms with Crippen molar-refractivity contribution in [3.8, 4) is 0 Å². The van der Waals surface area contributed by atoms with Gasteiger partial charge in [0, 0.05) is 1.43 Å². The monoisotopic (exact) mass is 215 g/mol. The second kappa shape index (κ2) is 4.00. The predicted octanol–water partition coefficient (Wildman–Crippen LogP) is 2.52. The lowest BCUT2D eigenvalue weighted by molar-refractivity contribution is 0.602. The van der Waals surface area contributed by atoms with Crippen LogP contribution in [0.2, 0.25) is 0 Å². The van der Waals surface area contributed by atoms with Crippen molar-refractivity contribution in [1.29, 1.82) is 0 Å². The molecule has 0 aromatic heterocycles. The van der Waals surface area contributed by atoms with E-state index >= 15 is 0 Å². The second-order valence-corrected chi connectivity index (χ2v) is 4.74. The maximum Gasteiger partial charge on any atom is 0.237 e. The highest BCUT2D eigenvalue weighted by atomic mass is 32.2. The largest absolute Gasteiger partial charge is 0.283 e. The topological polar surface area (TPSA) is 46.2 Å². The number of aryl methyl sites for hydroxylation is 1. The Balaban J connectivity index is 0.000000617. The van der Waals surface area contributed by atoms with Crippen LogP contribution in [0.3, 0.4) is 0 Å². The van der Waals surface area contributed by atoms with E-state index in [1.54, 1.807) is 0 Å². The van der Waals surface area contributed by atoms with Gasteiger partial charge in [-0.05, 0) is 24.1 Å². The minimum absolute atomic E-state index is 0. The van der Waals surface area contributed by atoms with Gasteiger partial charge < -0.3 is 0 Å². The van der Waals surface area contributed by atoms with Gasteiger partial charge in [-0.3, -0.25) is 4.72 Å². The van der Waals surface area contributed by atoms with Crippen LogP contribution in [0, 0.1) is 6.92 Å². The fourth-order valence-corrected chi connectivity index (χ4v) is 2.58. The number of nitrogens with one attached hydrogen (secondary N) is 1. The summed E-state index contributed by atoms with van der Waals surface area (Å²) in [5, 5.41) is 0. The van der Waals surface area contributed by atoms with Gasteiger partial charge in [0.1, 0.15) is 0 Å². The van der Waals surface area contributed by atoms with Gasteiger partial charge in [-0.25, -0.2) is 8.42 Å². The van der Waals surface area contributed by atoms with E-state index in [0.29, 0.717) is 0 Å². The van der Waals surface area contributed by atoms with Gasteiger partial charge >= 0.3 is 0 Å². The van der Waals surface area contributed by atoms with Crippen molar-refractivity contribution in [2.45, 2.75) is 26.5 Å². The third-order valence-corrected chi connectivity index (χ3v) is 3.10. The van der Waals surface area contributed by atoms with Gasteiger partial charge in [0.25, 0.3) is 0 Å². The van der Waals surface area contributed by atoms with Gasteiger partial charge in [0.2, 0.25) is 10.0 Å². The lowest BCUT2D eigenvalue weighted by Gasteiger charge is -1.97. The number of sulfonamides is 1. The lowest BCUT2D eigenvalue weighted by Crippen LogP contribution is -2.05. The molecule has 0 aliphatic carbocycles. The highest BCUT2D eigenvalue weighted by Gasteiger charge is 2.22. The molecule has 1 aromatic rings. The first-order chi connectivity index (χ1) is 6.57. The third kappa shape index (κ3) is 2.26. The van der Waals surface area contributed by atoms with Crippen LogP contribution in [-0.4, -0.2) is 8.42 Å². The molecule has 4 heteroatoms. The molecular formula is C10H17NO2S. The normalized spacial score (nSPS) is 16.2. The molecule has 0 saturated heterocycles. The molecule has 1 N–H and O–H groups in total. The van der Waals surface area contributed by atoms with Crippen LogP contribution in [-0.2, 0) is 15.8 Å². The van der Waals surface area contributed by atoms with E-state index in [1.807, 2.05) is 39.0 Å². The summed E-state index contributed by atoms with van der Waals surface area (Å²) in [7, 11) is -3.07. The number of benzene rings is 1. The molecule has 80 valence electrons. The molecule has 1 aliphatic heterocycles. The highest BCUT2D eigenvalue weighted by molar-refractivity contribution is 7.92. The van der Waals surface area contributed by atoms with Gasteiger partial charge in [0.15, 0.2) is 0 Å². The summed E-state index contributed by atoms with van der Waals surface area (Å²) in [5.41, 5.74) is 2.66. The Labute approximate surface area is 86.7 Å². The SMILES string of the molecule is CC.Cc1ccc2c(c1)NS(=O)(=O)C2.[HH]. The summed E-state index contributed by atoms with van der Waals surface area (Å²) in [4.78, 5) is 0. The Morgan fingerprint density at radius 1 is 1.36 bits per heavy atom. The summed E-state index contributed by atoms with van der Waals surface area (Å²) in [6, 6.07) is 5.61. The first kappa shape index (κ1) is 11.0. The van der Waals surface area contributed by atoms with Crippen molar-refractivity contribution in [2.75, 3.05) is 4.72 Å². The summed E-state index contributed by atoms with van der Waals surface area (Å²) in [6.45, 7) is 5.94. The van der Waals surface area contributed by atoms with Gasteiger partial charge in [-0.1, -0.05) is 26.0 Å². The molecule has 2 rings (SSSR count). The summed E-state index contributed by atoms with van der Waals surface area (Å²) < 4.78 is 24.7. The Morgan fingerprint density at radius 2 is 2.00 bits per heavy atom. The van der Waals surface area contributed by atoms with Crippen LogP contribution in [0.1, 0.15) is 26.4 Å². The van der Waals surface area contributed by atoms with Crippen LogP contribution < -0.4 is 4.72 Å². The number of rotatable bonds is 0. The molecule has 0 spiro atoms. The van der Waals surface area contributed by atoms with Crippen molar-refractivity contribution < 1.29 is 9.84 Å². The number of anilines is 1. The van der Waals surface area contributed by atoms with Crippen LogP contribution in [0.4, 0.5) is 5.69 Å². The summed E-state index contributed by atoms with van der Waals surface area (Å²) in [6.07, 6.45) is 0. The molecular weight excluding hydrogens is 198 g/mol. The smallest absolute Gasteiger partial charge is 0.237 e. The first-order valence-electron chi connectivity index (χ1n) is 4.67. The fourth-order valence-electron chi connectivity index (χ4n) is 1.32. The molecule has 0 saturated carbocycles. The standard InChI is InChI=1S/C8H9NO2S.C2H6.H2/c1-6-2-3-7-5-12(10,11)9-8(7)4-6;1-2;/h2-4,9H,5H2,1H3;1-2H3;1H. The Morgan fingerprint density at radius 3 is 2.64 bits per heavy atom. The van der Waals surface area contributed by atoms with Crippen molar-refractivity contribution in [1.82, 2.24) is 0 Å². The average Bonchev–Trinajstić information content (AvgIpc) is 2.41. The minimum Gasteiger partial charge on any atom is -0.283 e. The maximum absolute atomic E-state index is 11.1. The third-order valence-electron chi connectivity index (χ3n) is 1.88. The predicted molar refractivity (Wildman–Crippen MR) is 60.9 cm³/mol. The fraction of sp³-hybridized carbons (Fsp3) is 0.400. The summed E-state index contributed by atoms with van der Waals surface area (Å²) >= 11 is 0. The van der Waals surface area contributed by atoms with Gasteiger partial charge in [0.05, 0.1) is 11.4 Å². The van der Waals surface area contributed by atoms with Crippen LogP contribution >= 0.6 is 0 Å². The molecule has 0 radical (unpaired) electrons. The second-order valence-electron chi connectivity index (χ2n) is 3.02. The van der Waals surface area contributed by atoms with Crippen molar-refractivity contribution >= 4 is 15.7 Å². The number of fused-ring (bicyclic) bond motifs is 1. The van der Waals surface area contributed by atoms with Crippen molar-refractivity contribution in [3.05, 3.63) is 29.3 Å². The molecule has 0 unspecified atom stereocenters. The molecule has 1 aliphatic rings. The minimum atomic E-state index is -3.07. The molecule has 0 atom stereocenters. The maximum atomic E-state index is 11.1. The number of hydrogen-bond acceptors (Lipinski definition) is 2. The Hall–Kier alpha value is -1.03. The van der Waals surface area contributed by atoms with Crippen LogP contribution in [0.5, 0.6) is 0 Å². The quantitative estimate of drug-likeness (QED) is 0.722. The van der Waals surface area contributed by atoms with Crippen LogP contribution in [0.15, 0.2) is 18.2 Å². The zero-order valence-corrected chi connectivity index (χ0v) is 9.48. The van der Waals surface area contributed by atoms with Gasteiger partial charge in [-0.15, -0.1) is 0 Å². The van der Waals surface area contributed by atoms with Crippen LogP contribution in [0.25, 0.3) is 0 Å². The highest BCUT2D eigenvalue weighted by Crippen LogP contribution is 2.27. The van der Waals surface area contributed by atoms with E-state index < -0.39 is 10.0 Å². The first-order valence-corrected chi connectivity index (χ1v) is 6.32. The van der Waals surface area contributed by atoms with E-state index in [0.717, 1.165) is 16.8 Å². The molecule has 0 amide bonds. The number of hydrogen-bond donors (Lipinski definition) is 1. The lowest BCUT2D eigenvalue weighted by atomic mass is 10.1. The van der Waals surface area contributed by atoms with E-state index in [2.05, 4.69) is 4.72 Å². The van der Waals surface area contributed by atoms with Gasteiger partial charge in [-0.2, -0.15) is 0 Å². The molecule has 14 heavy (non-hydrogen) atoms. The zero-order chi connectivity index (χ0) is 10.8. The van der Waals surface area contributed by atoms with Crippen molar-refractivity contribution in [2.24, 2.45) is 0 Å².